The van der Waals surface area contributed by atoms with E-state index in [2.05, 4.69) is 10.9 Å². The van der Waals surface area contributed by atoms with E-state index in [1.165, 1.54) is 30.3 Å². The van der Waals surface area contributed by atoms with E-state index < -0.39 is 17.6 Å². The van der Waals surface area contributed by atoms with Crippen LogP contribution in [0.3, 0.4) is 0 Å². The van der Waals surface area contributed by atoms with Gasteiger partial charge in [-0.1, -0.05) is 12.1 Å². The van der Waals surface area contributed by atoms with E-state index in [-0.39, 0.29) is 17.2 Å². The van der Waals surface area contributed by atoms with Gasteiger partial charge in [0.25, 0.3) is 5.91 Å². The van der Waals surface area contributed by atoms with Crippen molar-refractivity contribution < 1.29 is 22.8 Å². The van der Waals surface area contributed by atoms with Gasteiger partial charge in [0.15, 0.2) is 0 Å². The first-order valence-electron chi connectivity index (χ1n) is 7.99. The summed E-state index contributed by atoms with van der Waals surface area (Å²) in [4.78, 5) is 25.5. The number of nitrogens with zero attached hydrogens (tertiary/aromatic N) is 1. The van der Waals surface area contributed by atoms with Crippen LogP contribution in [0.5, 0.6) is 0 Å². The molecule has 1 aliphatic rings. The molecule has 26 heavy (non-hydrogen) atoms. The predicted octanol–water partition coefficient (Wildman–Crippen LogP) is 3.59. The number of hydrogen-bond acceptors (Lipinski definition) is 3. The molecular formula is C18H16F3N3O2. The maximum atomic E-state index is 12.9. The van der Waals surface area contributed by atoms with E-state index in [0.717, 1.165) is 12.5 Å². The number of nitrogens with one attached hydrogen (secondary N) is 2. The smallest absolute Gasteiger partial charge is 0.312 e. The quantitative estimate of drug-likeness (QED) is 0.816. The largest absolute Gasteiger partial charge is 0.418 e. The third-order valence-corrected chi connectivity index (χ3v) is 4.06. The molecule has 1 heterocycles. The second-order valence-corrected chi connectivity index (χ2v) is 5.82. The molecule has 0 saturated carbocycles. The summed E-state index contributed by atoms with van der Waals surface area (Å²) in [5.74, 6) is -0.547. The molecule has 1 saturated heterocycles. The highest BCUT2D eigenvalue weighted by Gasteiger charge is 2.33. The van der Waals surface area contributed by atoms with Crippen LogP contribution in [0.4, 0.5) is 24.5 Å². The van der Waals surface area contributed by atoms with Gasteiger partial charge in [-0.25, -0.2) is 0 Å². The summed E-state index contributed by atoms with van der Waals surface area (Å²) in [7, 11) is 0. The van der Waals surface area contributed by atoms with Gasteiger partial charge >= 0.3 is 6.18 Å². The topological polar surface area (TPSA) is 61.4 Å². The summed E-state index contributed by atoms with van der Waals surface area (Å²) in [6.07, 6.45) is -3.23. The van der Waals surface area contributed by atoms with Crippen LogP contribution in [0.2, 0.25) is 0 Å². The number of benzene rings is 2. The van der Waals surface area contributed by atoms with Crippen molar-refractivity contribution in [3.63, 3.8) is 0 Å². The van der Waals surface area contributed by atoms with Gasteiger partial charge in [0.2, 0.25) is 5.91 Å². The maximum absolute atomic E-state index is 12.9. The van der Waals surface area contributed by atoms with Crippen molar-refractivity contribution in [2.45, 2.75) is 19.0 Å². The van der Waals surface area contributed by atoms with Gasteiger partial charge in [0, 0.05) is 24.2 Å². The van der Waals surface area contributed by atoms with Crippen molar-refractivity contribution in [3.05, 3.63) is 59.7 Å². The van der Waals surface area contributed by atoms with E-state index in [9.17, 15) is 22.8 Å². The number of hydrogen-bond donors (Lipinski definition) is 2. The molecular weight excluding hydrogens is 347 g/mol. The van der Waals surface area contributed by atoms with Crippen LogP contribution in [-0.4, -0.2) is 18.4 Å². The van der Waals surface area contributed by atoms with Crippen molar-refractivity contribution in [3.8, 4) is 0 Å². The molecule has 0 aromatic heterocycles. The Labute approximate surface area is 147 Å². The molecule has 8 heteroatoms. The summed E-state index contributed by atoms with van der Waals surface area (Å²) >= 11 is 0. The Bertz CT molecular complexity index is 819. The van der Waals surface area contributed by atoms with Gasteiger partial charge in [-0.2, -0.15) is 13.2 Å². The number of carbonyl (C=O) groups excluding carboxylic acids is 2. The highest BCUT2D eigenvalue weighted by Crippen LogP contribution is 2.34. The average Bonchev–Trinajstić information content (AvgIpc) is 3.05. The maximum Gasteiger partial charge on any atom is 0.418 e. The van der Waals surface area contributed by atoms with E-state index in [1.54, 1.807) is 17.0 Å². The zero-order chi connectivity index (χ0) is 18.7. The number of carbonyl (C=O) groups is 2. The number of halogens is 3. The summed E-state index contributed by atoms with van der Waals surface area (Å²) in [6, 6.07) is 11.2. The minimum atomic E-state index is -4.53. The van der Waals surface area contributed by atoms with E-state index in [0.29, 0.717) is 18.7 Å². The number of hydrazine groups is 1. The second-order valence-electron chi connectivity index (χ2n) is 5.82. The van der Waals surface area contributed by atoms with Crippen LogP contribution in [0.25, 0.3) is 0 Å². The Morgan fingerprint density at radius 2 is 1.73 bits per heavy atom. The Kier molecular flexibility index (Phi) is 4.83. The lowest BCUT2D eigenvalue weighted by Gasteiger charge is -2.17. The number of anilines is 2. The van der Waals surface area contributed by atoms with E-state index >= 15 is 0 Å². The molecule has 0 bridgehead atoms. The molecule has 0 aliphatic carbocycles. The van der Waals surface area contributed by atoms with Gasteiger partial charge < -0.3 is 4.90 Å². The number of para-hydroxylation sites is 1. The van der Waals surface area contributed by atoms with Crippen LogP contribution < -0.4 is 15.8 Å². The Morgan fingerprint density at radius 1 is 1.04 bits per heavy atom. The first-order valence-corrected chi connectivity index (χ1v) is 7.99. The fourth-order valence-corrected chi connectivity index (χ4v) is 2.75. The lowest BCUT2D eigenvalue weighted by atomic mass is 10.1. The molecule has 2 aromatic rings. The first-order chi connectivity index (χ1) is 12.4. The molecule has 2 aromatic carbocycles. The highest BCUT2D eigenvalue weighted by molar-refractivity contribution is 5.97. The van der Waals surface area contributed by atoms with Gasteiger partial charge in [-0.3, -0.25) is 20.4 Å². The van der Waals surface area contributed by atoms with Gasteiger partial charge in [0.05, 0.1) is 11.3 Å². The Hall–Kier alpha value is -3.03. The molecule has 2 N–H and O–H groups in total. The van der Waals surface area contributed by atoms with Crippen molar-refractivity contribution in [2.24, 2.45) is 0 Å². The number of rotatable bonds is 4. The summed E-state index contributed by atoms with van der Waals surface area (Å²) in [5.41, 5.74) is 4.41. The molecule has 1 fully saturated rings. The number of alkyl halides is 3. The monoisotopic (exact) mass is 363 g/mol. The van der Waals surface area contributed by atoms with Crippen molar-refractivity contribution in [1.82, 2.24) is 5.43 Å². The molecule has 0 unspecified atom stereocenters. The number of amides is 2. The first kappa shape index (κ1) is 17.8. The second kappa shape index (κ2) is 7.07. The van der Waals surface area contributed by atoms with E-state index in [4.69, 9.17) is 0 Å². The standard InChI is InChI=1S/C18H16F3N3O2/c19-18(20,21)14-4-1-2-5-15(14)22-23-17(26)12-7-9-13(10-8-12)24-11-3-6-16(24)25/h1-2,4-5,7-10,22H,3,6,11H2,(H,23,26). The summed E-state index contributed by atoms with van der Waals surface area (Å²) in [5, 5.41) is 0. The Balaban J connectivity index is 1.67. The van der Waals surface area contributed by atoms with Crippen LogP contribution in [0.1, 0.15) is 28.8 Å². The SMILES string of the molecule is O=C(NNc1ccccc1C(F)(F)F)c1ccc(N2CCCC2=O)cc1. The van der Waals surface area contributed by atoms with Crippen LogP contribution in [-0.2, 0) is 11.0 Å². The fourth-order valence-electron chi connectivity index (χ4n) is 2.75. The molecule has 3 rings (SSSR count). The lowest BCUT2D eigenvalue weighted by molar-refractivity contribution is -0.137. The molecule has 1 aliphatic heterocycles. The zero-order valence-corrected chi connectivity index (χ0v) is 13.6. The molecule has 0 atom stereocenters. The van der Waals surface area contributed by atoms with E-state index in [1.807, 2.05) is 0 Å². The fraction of sp³-hybridized carbons (Fsp3) is 0.222. The Morgan fingerprint density at radius 3 is 2.35 bits per heavy atom. The van der Waals surface area contributed by atoms with Crippen molar-refractivity contribution in [2.75, 3.05) is 16.9 Å². The molecule has 0 spiro atoms. The van der Waals surface area contributed by atoms with Gasteiger partial charge in [-0.05, 0) is 42.8 Å². The normalized spacial score (nSPS) is 14.4. The third-order valence-electron chi connectivity index (χ3n) is 4.06. The molecule has 136 valence electrons. The summed E-state index contributed by atoms with van der Waals surface area (Å²) < 4.78 is 38.8. The highest BCUT2D eigenvalue weighted by atomic mass is 19.4. The predicted molar refractivity (Wildman–Crippen MR) is 90.6 cm³/mol. The average molecular weight is 363 g/mol. The van der Waals surface area contributed by atoms with Gasteiger partial charge in [-0.15, -0.1) is 0 Å². The van der Waals surface area contributed by atoms with Crippen LogP contribution in [0.15, 0.2) is 48.5 Å². The third kappa shape index (κ3) is 3.79. The molecule has 0 radical (unpaired) electrons. The van der Waals surface area contributed by atoms with Crippen LogP contribution >= 0.6 is 0 Å². The van der Waals surface area contributed by atoms with Gasteiger partial charge in [0.1, 0.15) is 0 Å². The van der Waals surface area contributed by atoms with Crippen LogP contribution in [0, 0.1) is 0 Å². The summed E-state index contributed by atoms with van der Waals surface area (Å²) in [6.45, 7) is 0.639. The zero-order valence-electron chi connectivity index (χ0n) is 13.6. The molecule has 5 nitrogen and oxygen atoms in total. The minimum absolute atomic E-state index is 0.0348. The van der Waals surface area contributed by atoms with Crippen molar-refractivity contribution in [1.29, 1.82) is 0 Å². The van der Waals surface area contributed by atoms with Crippen molar-refractivity contribution >= 4 is 23.2 Å². The minimum Gasteiger partial charge on any atom is -0.312 e. The lowest BCUT2D eigenvalue weighted by Crippen LogP contribution is -2.30. The molecule has 2 amide bonds.